The van der Waals surface area contributed by atoms with E-state index in [0.717, 1.165) is 31.1 Å². The fourth-order valence-corrected chi connectivity index (χ4v) is 6.37. The van der Waals surface area contributed by atoms with Gasteiger partial charge in [-0.1, -0.05) is 25.0 Å². The van der Waals surface area contributed by atoms with Crippen LogP contribution in [0, 0.1) is 0 Å². The summed E-state index contributed by atoms with van der Waals surface area (Å²) in [6.07, 6.45) is 11.3. The summed E-state index contributed by atoms with van der Waals surface area (Å²) in [4.78, 5) is 40.1. The molecule has 2 aromatic rings. The van der Waals surface area contributed by atoms with Crippen molar-refractivity contribution in [2.75, 3.05) is 50.0 Å². The number of nitrogens with zero attached hydrogens (tertiary/aromatic N) is 5. The second-order valence-corrected chi connectivity index (χ2v) is 11.5. The number of nitrogens with two attached hydrogens (primary N) is 1. The van der Waals surface area contributed by atoms with Gasteiger partial charge in [-0.2, -0.15) is 0 Å². The van der Waals surface area contributed by atoms with E-state index in [1.807, 2.05) is 6.92 Å². The van der Waals surface area contributed by atoms with Gasteiger partial charge in [-0.25, -0.2) is 14.8 Å². The van der Waals surface area contributed by atoms with Crippen LogP contribution in [-0.4, -0.2) is 83.6 Å². The molecule has 1 atom stereocenters. The Morgan fingerprint density at radius 2 is 1.75 bits per heavy atom. The highest BCUT2D eigenvalue weighted by Crippen LogP contribution is 2.33. The molecule has 1 aliphatic carbocycles. The summed E-state index contributed by atoms with van der Waals surface area (Å²) in [6.45, 7) is 6.41. The Hall–Kier alpha value is -3.40. The number of benzene rings is 1. The number of hydrogen-bond acceptors (Lipinski definition) is 7. The quantitative estimate of drug-likeness (QED) is 0.455. The molecule has 2 saturated heterocycles. The number of rotatable bonds is 8. The van der Waals surface area contributed by atoms with Crippen LogP contribution in [0.5, 0.6) is 0 Å². The van der Waals surface area contributed by atoms with E-state index in [-0.39, 0.29) is 17.8 Å². The van der Waals surface area contributed by atoms with Gasteiger partial charge >= 0.3 is 6.03 Å². The Labute approximate surface area is 237 Å². The fraction of sp³-hybridized carbons (Fsp3) is 0.600. The summed E-state index contributed by atoms with van der Waals surface area (Å²) in [6, 6.07) is 9.22. The van der Waals surface area contributed by atoms with Crippen LogP contribution in [0.3, 0.4) is 0 Å². The molecule has 1 unspecified atom stereocenters. The van der Waals surface area contributed by atoms with Crippen LogP contribution in [0.1, 0.15) is 80.3 Å². The van der Waals surface area contributed by atoms with Gasteiger partial charge in [-0.15, -0.1) is 0 Å². The van der Waals surface area contributed by atoms with Gasteiger partial charge in [0.2, 0.25) is 0 Å². The van der Waals surface area contributed by atoms with Gasteiger partial charge < -0.3 is 31.1 Å². The summed E-state index contributed by atoms with van der Waals surface area (Å²) in [7, 11) is 1.79. The minimum atomic E-state index is -0.626. The van der Waals surface area contributed by atoms with Crippen molar-refractivity contribution in [1.82, 2.24) is 25.1 Å². The van der Waals surface area contributed by atoms with Crippen LogP contribution in [0.2, 0.25) is 0 Å². The Morgan fingerprint density at radius 1 is 1.02 bits per heavy atom. The first-order valence-electron chi connectivity index (χ1n) is 15.0. The first kappa shape index (κ1) is 28.1. The molecule has 3 amide bonds. The number of nitrogens with one attached hydrogen (secondary N) is 2. The lowest BCUT2D eigenvalue weighted by Gasteiger charge is -2.36. The van der Waals surface area contributed by atoms with Crippen molar-refractivity contribution in [3.8, 4) is 0 Å². The summed E-state index contributed by atoms with van der Waals surface area (Å²) >= 11 is 0. The Kier molecular flexibility index (Phi) is 9.04. The third-order valence-electron chi connectivity index (χ3n) is 8.90. The maximum Gasteiger partial charge on any atom is 0.317 e. The molecule has 1 aromatic heterocycles. The fourth-order valence-electron chi connectivity index (χ4n) is 6.37. The van der Waals surface area contributed by atoms with E-state index in [4.69, 9.17) is 10.7 Å². The molecule has 4 N–H and O–H groups in total. The van der Waals surface area contributed by atoms with Gasteiger partial charge in [0.15, 0.2) is 11.5 Å². The maximum absolute atomic E-state index is 12.4. The molecule has 0 bridgehead atoms. The average molecular weight is 549 g/mol. The highest BCUT2D eigenvalue weighted by atomic mass is 16.2. The van der Waals surface area contributed by atoms with Crippen molar-refractivity contribution < 1.29 is 9.59 Å². The van der Waals surface area contributed by atoms with Gasteiger partial charge in [0, 0.05) is 44.5 Å². The number of carbonyl (C=O) groups excluding carboxylic acids is 2. The second-order valence-electron chi connectivity index (χ2n) is 11.5. The van der Waals surface area contributed by atoms with E-state index < -0.39 is 5.91 Å². The van der Waals surface area contributed by atoms with Crippen LogP contribution >= 0.6 is 0 Å². The number of piperidine rings is 2. The minimum Gasteiger partial charge on any atom is -0.364 e. The van der Waals surface area contributed by atoms with Crippen LogP contribution in [0.15, 0.2) is 30.5 Å². The SMILES string of the molecule is CCN(C)C(=O)NC1CCCN(c2cnc(C(N)=O)c(Nc3ccc(C4CCN(C5CCCC5)CC4)cc3)n2)C1. The highest BCUT2D eigenvalue weighted by molar-refractivity contribution is 5.96. The van der Waals surface area contributed by atoms with Gasteiger partial charge in [-0.05, 0) is 82.2 Å². The zero-order valence-electron chi connectivity index (χ0n) is 23.9. The van der Waals surface area contributed by atoms with Gasteiger partial charge in [0.05, 0.1) is 6.20 Å². The number of hydrogen-bond donors (Lipinski definition) is 3. The zero-order chi connectivity index (χ0) is 28.1. The number of likely N-dealkylation sites (tertiary alicyclic amines) is 1. The second kappa shape index (κ2) is 12.8. The monoisotopic (exact) mass is 548 g/mol. The molecule has 3 aliphatic rings. The van der Waals surface area contributed by atoms with Gasteiger partial charge in [0.25, 0.3) is 5.91 Å². The Morgan fingerprint density at radius 3 is 2.42 bits per heavy atom. The van der Waals surface area contributed by atoms with E-state index in [1.54, 1.807) is 18.1 Å². The van der Waals surface area contributed by atoms with Crippen molar-refractivity contribution in [2.45, 2.75) is 76.3 Å². The molecular formula is C30H44N8O2. The molecule has 40 heavy (non-hydrogen) atoms. The molecule has 1 aromatic carbocycles. The molecule has 3 fully saturated rings. The highest BCUT2D eigenvalue weighted by Gasteiger charge is 2.28. The first-order valence-corrected chi connectivity index (χ1v) is 15.0. The molecule has 3 heterocycles. The van der Waals surface area contributed by atoms with Crippen LogP contribution in [0.25, 0.3) is 0 Å². The van der Waals surface area contributed by atoms with E-state index >= 15 is 0 Å². The topological polar surface area (TPSA) is 120 Å². The van der Waals surface area contributed by atoms with Gasteiger partial charge in [-0.3, -0.25) is 4.79 Å². The third-order valence-corrected chi connectivity index (χ3v) is 8.90. The summed E-state index contributed by atoms with van der Waals surface area (Å²) < 4.78 is 0. The lowest BCUT2D eigenvalue weighted by molar-refractivity contribution is 0.0996. The molecule has 216 valence electrons. The molecule has 5 rings (SSSR count). The Balaban J connectivity index is 1.23. The summed E-state index contributed by atoms with van der Waals surface area (Å²) in [5.74, 6) is 0.958. The lowest BCUT2D eigenvalue weighted by Crippen LogP contribution is -2.51. The van der Waals surface area contributed by atoms with E-state index in [2.05, 4.69) is 49.7 Å². The number of carbonyl (C=O) groups is 2. The van der Waals surface area contributed by atoms with Crippen LogP contribution < -0.4 is 21.3 Å². The average Bonchev–Trinajstić information content (AvgIpc) is 3.52. The molecular weight excluding hydrogens is 504 g/mol. The number of urea groups is 1. The molecule has 1 saturated carbocycles. The molecule has 0 radical (unpaired) electrons. The number of primary amides is 1. The molecule has 10 nitrogen and oxygen atoms in total. The number of anilines is 3. The predicted molar refractivity (Wildman–Crippen MR) is 158 cm³/mol. The summed E-state index contributed by atoms with van der Waals surface area (Å²) in [5.41, 5.74) is 7.95. The Bertz CT molecular complexity index is 1160. The smallest absolute Gasteiger partial charge is 0.317 e. The molecule has 2 aliphatic heterocycles. The van der Waals surface area contributed by atoms with Crippen molar-refractivity contribution in [1.29, 1.82) is 0 Å². The van der Waals surface area contributed by atoms with Crippen LogP contribution in [-0.2, 0) is 0 Å². The first-order chi connectivity index (χ1) is 19.4. The molecule has 0 spiro atoms. The maximum atomic E-state index is 12.4. The van der Waals surface area contributed by atoms with E-state index in [0.29, 0.717) is 30.6 Å². The number of amides is 3. The van der Waals surface area contributed by atoms with Crippen LogP contribution in [0.4, 0.5) is 22.1 Å². The predicted octanol–water partition coefficient (Wildman–Crippen LogP) is 4.07. The standard InChI is InChI=1S/C30H44N8O2/c1-3-36(2)30(40)34-24-7-6-16-38(20-24)26-19-32-27(28(31)39)29(35-26)33-23-12-10-21(11-13-23)22-14-17-37(18-15-22)25-8-4-5-9-25/h10-13,19,22,24-25H,3-9,14-18,20H2,1-2H3,(H2,31,39)(H,33,35)(H,34,40). The van der Waals surface area contributed by atoms with E-state index in [9.17, 15) is 9.59 Å². The molecule has 10 heteroatoms. The van der Waals surface area contributed by atoms with E-state index in [1.165, 1.54) is 57.2 Å². The van der Waals surface area contributed by atoms with Crippen molar-refractivity contribution in [2.24, 2.45) is 5.73 Å². The van der Waals surface area contributed by atoms with Crippen molar-refractivity contribution in [3.05, 3.63) is 41.7 Å². The largest absolute Gasteiger partial charge is 0.364 e. The van der Waals surface area contributed by atoms with Gasteiger partial charge in [0.1, 0.15) is 5.82 Å². The normalized spacial score (nSPS) is 20.9. The zero-order valence-corrected chi connectivity index (χ0v) is 23.9. The lowest BCUT2D eigenvalue weighted by atomic mass is 9.88. The number of aromatic nitrogens is 2. The minimum absolute atomic E-state index is 0.0156. The van der Waals surface area contributed by atoms with Crippen molar-refractivity contribution >= 4 is 29.3 Å². The third kappa shape index (κ3) is 6.66. The van der Waals surface area contributed by atoms with Crippen molar-refractivity contribution in [3.63, 3.8) is 0 Å². The summed E-state index contributed by atoms with van der Waals surface area (Å²) in [5, 5.41) is 6.39.